The Morgan fingerprint density at radius 3 is 2.50 bits per heavy atom. The first kappa shape index (κ1) is 9.77. The highest BCUT2D eigenvalue weighted by atomic mass is 16.2. The molecule has 1 saturated carbocycles. The number of hydrogen-bond acceptors (Lipinski definition) is 2. The van der Waals surface area contributed by atoms with Gasteiger partial charge in [-0.1, -0.05) is 0 Å². The number of amides is 2. The van der Waals surface area contributed by atoms with Crippen molar-refractivity contribution in [2.45, 2.75) is 50.7 Å². The van der Waals surface area contributed by atoms with Gasteiger partial charge in [-0.05, 0) is 32.6 Å². The van der Waals surface area contributed by atoms with Crippen molar-refractivity contribution in [3.8, 4) is 0 Å². The second-order valence-corrected chi connectivity index (χ2v) is 4.57. The van der Waals surface area contributed by atoms with Crippen LogP contribution in [0.5, 0.6) is 0 Å². The molecule has 14 heavy (non-hydrogen) atoms. The third-order valence-corrected chi connectivity index (χ3v) is 3.28. The summed E-state index contributed by atoms with van der Waals surface area (Å²) in [6.07, 6.45) is 4.26. The number of nitrogens with one attached hydrogen (secondary N) is 1. The number of nitrogens with zero attached hydrogens (tertiary/aromatic N) is 1. The summed E-state index contributed by atoms with van der Waals surface area (Å²) in [4.78, 5) is 13.5. The van der Waals surface area contributed by atoms with Crippen LogP contribution in [0.25, 0.3) is 0 Å². The van der Waals surface area contributed by atoms with E-state index in [2.05, 4.69) is 5.32 Å². The molecule has 0 aromatic rings. The maximum atomic E-state index is 11.5. The van der Waals surface area contributed by atoms with Crippen molar-refractivity contribution >= 4 is 6.03 Å². The van der Waals surface area contributed by atoms with Gasteiger partial charge in [-0.15, -0.1) is 0 Å². The van der Waals surface area contributed by atoms with Crippen molar-refractivity contribution < 1.29 is 4.79 Å². The van der Waals surface area contributed by atoms with Crippen LogP contribution in [0.4, 0.5) is 4.79 Å². The van der Waals surface area contributed by atoms with Crippen molar-refractivity contribution in [3.63, 3.8) is 0 Å². The zero-order valence-electron chi connectivity index (χ0n) is 8.70. The minimum absolute atomic E-state index is 0.109. The Labute approximate surface area is 84.8 Å². The Balaban J connectivity index is 1.92. The van der Waals surface area contributed by atoms with Gasteiger partial charge >= 0.3 is 6.03 Å². The standard InChI is InChI=1S/C10H19N3O/c1-7-6-13(10(14)12-7)9-4-2-8(11)3-5-9/h7-9H,2-6,11H2,1H3,(H,12,14). The molecule has 1 unspecified atom stereocenters. The van der Waals surface area contributed by atoms with E-state index >= 15 is 0 Å². The third-order valence-electron chi connectivity index (χ3n) is 3.28. The average Bonchev–Trinajstić information content (AvgIpc) is 2.47. The number of hydrogen-bond donors (Lipinski definition) is 2. The molecule has 1 saturated heterocycles. The van der Waals surface area contributed by atoms with Crippen LogP contribution in [-0.2, 0) is 0 Å². The maximum absolute atomic E-state index is 11.5. The summed E-state index contributed by atoms with van der Waals surface area (Å²) in [5, 5.41) is 2.93. The first-order valence-electron chi connectivity index (χ1n) is 5.49. The van der Waals surface area contributed by atoms with E-state index in [4.69, 9.17) is 5.73 Å². The van der Waals surface area contributed by atoms with Gasteiger partial charge < -0.3 is 16.0 Å². The second kappa shape index (κ2) is 3.77. The Bertz CT molecular complexity index is 223. The summed E-state index contributed by atoms with van der Waals surface area (Å²) in [6.45, 7) is 2.91. The Kier molecular flexibility index (Phi) is 2.63. The molecule has 80 valence electrons. The zero-order valence-corrected chi connectivity index (χ0v) is 8.70. The molecule has 0 aromatic heterocycles. The van der Waals surface area contributed by atoms with Gasteiger partial charge in [0.25, 0.3) is 0 Å². The summed E-state index contributed by atoms with van der Waals surface area (Å²) in [5.41, 5.74) is 5.84. The molecule has 0 aromatic carbocycles. The van der Waals surface area contributed by atoms with Crippen LogP contribution < -0.4 is 11.1 Å². The highest BCUT2D eigenvalue weighted by Gasteiger charge is 2.33. The lowest BCUT2D eigenvalue weighted by molar-refractivity contribution is 0.174. The molecule has 1 aliphatic heterocycles. The molecule has 4 heteroatoms. The Hall–Kier alpha value is -0.770. The van der Waals surface area contributed by atoms with E-state index in [9.17, 15) is 4.79 Å². The predicted molar refractivity (Wildman–Crippen MR) is 54.9 cm³/mol. The molecule has 2 rings (SSSR count). The van der Waals surface area contributed by atoms with Crippen molar-refractivity contribution in [1.82, 2.24) is 10.2 Å². The van der Waals surface area contributed by atoms with E-state index in [1.807, 2.05) is 11.8 Å². The van der Waals surface area contributed by atoms with Crippen LogP contribution in [-0.4, -0.2) is 35.6 Å². The summed E-state index contributed by atoms with van der Waals surface area (Å²) in [7, 11) is 0. The molecule has 2 amide bonds. The number of carbonyl (C=O) groups excluding carboxylic acids is 1. The van der Waals surface area contributed by atoms with Crippen molar-refractivity contribution in [3.05, 3.63) is 0 Å². The van der Waals surface area contributed by atoms with E-state index in [0.717, 1.165) is 32.2 Å². The van der Waals surface area contributed by atoms with E-state index < -0.39 is 0 Å². The first-order chi connectivity index (χ1) is 6.66. The SMILES string of the molecule is CC1CN(C2CCC(N)CC2)C(=O)N1. The number of urea groups is 1. The molecule has 2 fully saturated rings. The van der Waals surface area contributed by atoms with Gasteiger partial charge in [0.05, 0.1) is 0 Å². The largest absolute Gasteiger partial charge is 0.334 e. The van der Waals surface area contributed by atoms with Crippen molar-refractivity contribution in [1.29, 1.82) is 0 Å². The van der Waals surface area contributed by atoms with E-state index in [1.165, 1.54) is 0 Å². The molecular formula is C10H19N3O. The lowest BCUT2D eigenvalue weighted by Gasteiger charge is -2.32. The summed E-state index contributed by atoms with van der Waals surface area (Å²) >= 11 is 0. The van der Waals surface area contributed by atoms with Crippen molar-refractivity contribution in [2.75, 3.05) is 6.54 Å². The van der Waals surface area contributed by atoms with Gasteiger partial charge in [0.2, 0.25) is 0 Å². The van der Waals surface area contributed by atoms with Gasteiger partial charge in [-0.3, -0.25) is 0 Å². The summed E-state index contributed by atoms with van der Waals surface area (Å²) in [5.74, 6) is 0. The van der Waals surface area contributed by atoms with Crippen LogP contribution in [0.1, 0.15) is 32.6 Å². The molecule has 4 nitrogen and oxygen atoms in total. The summed E-state index contributed by atoms with van der Waals surface area (Å²) in [6, 6.07) is 1.20. The lowest BCUT2D eigenvalue weighted by Crippen LogP contribution is -2.42. The van der Waals surface area contributed by atoms with E-state index in [-0.39, 0.29) is 6.03 Å². The van der Waals surface area contributed by atoms with Gasteiger partial charge in [-0.25, -0.2) is 4.79 Å². The molecule has 2 aliphatic rings. The highest BCUT2D eigenvalue weighted by Crippen LogP contribution is 2.23. The Morgan fingerprint density at radius 1 is 1.36 bits per heavy atom. The minimum Gasteiger partial charge on any atom is -0.334 e. The van der Waals surface area contributed by atoms with Crippen molar-refractivity contribution in [2.24, 2.45) is 5.73 Å². The quantitative estimate of drug-likeness (QED) is 0.649. The number of rotatable bonds is 1. The number of carbonyl (C=O) groups is 1. The van der Waals surface area contributed by atoms with Gasteiger partial charge in [-0.2, -0.15) is 0 Å². The van der Waals surface area contributed by atoms with Gasteiger partial charge in [0.15, 0.2) is 0 Å². The molecule has 1 aliphatic carbocycles. The van der Waals surface area contributed by atoms with Crippen LogP contribution in [0, 0.1) is 0 Å². The number of nitrogens with two attached hydrogens (primary N) is 1. The predicted octanol–water partition coefficient (Wildman–Crippen LogP) is 0.670. The van der Waals surface area contributed by atoms with Gasteiger partial charge in [0, 0.05) is 24.7 Å². The fourth-order valence-corrected chi connectivity index (χ4v) is 2.45. The molecule has 3 N–H and O–H groups in total. The van der Waals surface area contributed by atoms with Crippen LogP contribution in [0.3, 0.4) is 0 Å². The average molecular weight is 197 g/mol. The lowest BCUT2D eigenvalue weighted by atomic mass is 9.91. The van der Waals surface area contributed by atoms with Crippen LogP contribution in [0.2, 0.25) is 0 Å². The fraction of sp³-hybridized carbons (Fsp3) is 0.900. The highest BCUT2D eigenvalue weighted by molar-refractivity contribution is 5.77. The van der Waals surface area contributed by atoms with Crippen LogP contribution >= 0.6 is 0 Å². The molecule has 1 atom stereocenters. The fourth-order valence-electron chi connectivity index (χ4n) is 2.45. The zero-order chi connectivity index (χ0) is 10.1. The van der Waals surface area contributed by atoms with E-state index in [0.29, 0.717) is 18.1 Å². The summed E-state index contributed by atoms with van der Waals surface area (Å²) < 4.78 is 0. The second-order valence-electron chi connectivity index (χ2n) is 4.57. The molecule has 0 bridgehead atoms. The van der Waals surface area contributed by atoms with Gasteiger partial charge in [0.1, 0.15) is 0 Å². The smallest absolute Gasteiger partial charge is 0.317 e. The molecular weight excluding hydrogens is 178 g/mol. The van der Waals surface area contributed by atoms with Crippen LogP contribution in [0.15, 0.2) is 0 Å². The Morgan fingerprint density at radius 2 is 2.00 bits per heavy atom. The third kappa shape index (κ3) is 1.85. The normalized spacial score (nSPS) is 38.6. The van der Waals surface area contributed by atoms with E-state index in [1.54, 1.807) is 0 Å². The topological polar surface area (TPSA) is 58.4 Å². The minimum atomic E-state index is 0.109. The molecule has 0 spiro atoms. The molecule has 1 heterocycles. The molecule has 0 radical (unpaired) electrons. The monoisotopic (exact) mass is 197 g/mol. The maximum Gasteiger partial charge on any atom is 0.317 e. The first-order valence-corrected chi connectivity index (χ1v) is 5.49.